The fourth-order valence-corrected chi connectivity index (χ4v) is 7.57. The molecule has 1 aliphatic carbocycles. The van der Waals surface area contributed by atoms with Gasteiger partial charge in [-0.15, -0.1) is 5.73 Å². The molecule has 2 saturated heterocycles. The van der Waals surface area contributed by atoms with Gasteiger partial charge in [0.1, 0.15) is 11.8 Å². The molecule has 6 atom stereocenters. The zero-order valence-electron chi connectivity index (χ0n) is 21.0. The lowest BCUT2D eigenvalue weighted by atomic mass is 9.89. The van der Waals surface area contributed by atoms with Crippen molar-refractivity contribution in [3.05, 3.63) is 17.4 Å². The van der Waals surface area contributed by atoms with Crippen molar-refractivity contribution in [3.63, 3.8) is 0 Å². The number of rotatable bonds is 9. The number of hydrogen-bond acceptors (Lipinski definition) is 6. The number of sulfonamides is 1. The molecule has 3 aliphatic rings. The molecule has 5 unspecified atom stereocenters. The summed E-state index contributed by atoms with van der Waals surface area (Å²) in [7, 11) is -3.99. The Bertz CT molecular complexity index is 998. The van der Waals surface area contributed by atoms with Gasteiger partial charge >= 0.3 is 6.03 Å². The molecule has 2 heterocycles. The SMILES string of the molecule is CCCCC=C=C1C(CC(C#N)CC)CC[C@H]1NC(=O)CN1C(=O)NC2CCNC(C)C2S1(=O)=O. The minimum absolute atomic E-state index is 0.0527. The maximum absolute atomic E-state index is 13.2. The fourth-order valence-electron chi connectivity index (χ4n) is 5.47. The summed E-state index contributed by atoms with van der Waals surface area (Å²) in [6, 6.07) is 0.570. The van der Waals surface area contributed by atoms with Crippen molar-refractivity contribution in [3.8, 4) is 6.07 Å². The number of fused-ring (bicyclic) bond motifs is 1. The topological polar surface area (TPSA) is 131 Å². The van der Waals surface area contributed by atoms with Crippen molar-refractivity contribution in [1.82, 2.24) is 20.3 Å². The highest BCUT2D eigenvalue weighted by Crippen LogP contribution is 2.36. The summed E-state index contributed by atoms with van der Waals surface area (Å²) < 4.78 is 27.2. The van der Waals surface area contributed by atoms with Crippen LogP contribution in [-0.4, -0.2) is 61.1 Å². The lowest BCUT2D eigenvalue weighted by Gasteiger charge is -2.43. The summed E-state index contributed by atoms with van der Waals surface area (Å²) in [5, 5.41) is 17.5. The number of nitrogens with one attached hydrogen (secondary N) is 3. The van der Waals surface area contributed by atoms with Crippen LogP contribution in [0.1, 0.15) is 72.1 Å². The minimum Gasteiger partial charge on any atom is -0.347 e. The molecule has 3 amide bonds. The van der Waals surface area contributed by atoms with E-state index in [2.05, 4.69) is 34.7 Å². The Morgan fingerprint density at radius 3 is 2.77 bits per heavy atom. The maximum atomic E-state index is 13.2. The molecule has 3 rings (SSSR count). The van der Waals surface area contributed by atoms with Gasteiger partial charge in [-0.1, -0.05) is 20.3 Å². The second kappa shape index (κ2) is 12.1. The zero-order chi connectivity index (χ0) is 25.6. The molecule has 0 spiro atoms. The number of nitrogens with zero attached hydrogens (tertiary/aromatic N) is 2. The predicted octanol–water partition coefficient (Wildman–Crippen LogP) is 2.57. The monoisotopic (exact) mass is 505 g/mol. The first-order chi connectivity index (χ1) is 16.7. The largest absolute Gasteiger partial charge is 0.347 e. The number of nitriles is 1. The Morgan fingerprint density at radius 1 is 1.31 bits per heavy atom. The summed E-state index contributed by atoms with van der Waals surface area (Å²) in [6.07, 6.45) is 8.59. The van der Waals surface area contributed by atoms with Gasteiger partial charge in [0, 0.05) is 12.0 Å². The van der Waals surface area contributed by atoms with Crippen LogP contribution in [-0.2, 0) is 14.8 Å². The molecule has 3 N–H and O–H groups in total. The molecular formula is C25H39N5O4S. The average molecular weight is 506 g/mol. The predicted molar refractivity (Wildman–Crippen MR) is 134 cm³/mol. The van der Waals surface area contributed by atoms with Gasteiger partial charge in [0.25, 0.3) is 0 Å². The summed E-state index contributed by atoms with van der Waals surface area (Å²) >= 11 is 0. The van der Waals surface area contributed by atoms with E-state index in [1.54, 1.807) is 6.92 Å². The highest BCUT2D eigenvalue weighted by Gasteiger charge is 2.50. The Labute approximate surface area is 209 Å². The fraction of sp³-hybridized carbons (Fsp3) is 0.760. The smallest absolute Gasteiger partial charge is 0.331 e. The number of hydrogen-bond donors (Lipinski definition) is 3. The molecule has 9 nitrogen and oxygen atoms in total. The van der Waals surface area contributed by atoms with Crippen LogP contribution in [0.25, 0.3) is 0 Å². The third-order valence-electron chi connectivity index (χ3n) is 7.45. The number of carbonyl (C=O) groups excluding carboxylic acids is 2. The Balaban J connectivity index is 1.73. The van der Waals surface area contributed by atoms with Gasteiger partial charge in [-0.05, 0) is 76.0 Å². The summed E-state index contributed by atoms with van der Waals surface area (Å²) in [4.78, 5) is 25.6. The van der Waals surface area contributed by atoms with Crippen LogP contribution >= 0.6 is 0 Å². The van der Waals surface area contributed by atoms with Crippen molar-refractivity contribution >= 4 is 22.0 Å². The van der Waals surface area contributed by atoms with Gasteiger partial charge in [-0.25, -0.2) is 17.5 Å². The Kier molecular flexibility index (Phi) is 9.40. The summed E-state index contributed by atoms with van der Waals surface area (Å²) in [5.74, 6) is -0.410. The van der Waals surface area contributed by atoms with E-state index in [0.717, 1.165) is 44.1 Å². The van der Waals surface area contributed by atoms with Gasteiger partial charge < -0.3 is 16.0 Å². The number of urea groups is 1. The van der Waals surface area contributed by atoms with Crippen LogP contribution < -0.4 is 16.0 Å². The molecule has 1 saturated carbocycles. The van der Waals surface area contributed by atoms with Gasteiger partial charge in [-0.2, -0.15) is 5.26 Å². The third-order valence-corrected chi connectivity index (χ3v) is 9.79. The van der Waals surface area contributed by atoms with Crippen LogP contribution in [0.4, 0.5) is 4.79 Å². The van der Waals surface area contributed by atoms with E-state index < -0.39 is 39.8 Å². The second-order valence-electron chi connectivity index (χ2n) is 9.91. The molecule has 3 fully saturated rings. The Morgan fingerprint density at radius 2 is 2.09 bits per heavy atom. The van der Waals surface area contributed by atoms with Crippen molar-refractivity contribution in [2.24, 2.45) is 11.8 Å². The molecule has 0 aromatic carbocycles. The molecule has 0 aromatic rings. The van der Waals surface area contributed by atoms with Crippen molar-refractivity contribution < 1.29 is 18.0 Å². The van der Waals surface area contributed by atoms with Crippen LogP contribution in [0.2, 0.25) is 0 Å². The molecule has 0 radical (unpaired) electrons. The van der Waals surface area contributed by atoms with Crippen molar-refractivity contribution in [2.75, 3.05) is 13.1 Å². The standard InChI is InChI=1S/C25H39N5O4S/c1-4-6-7-8-9-20-19(14-18(5-2)15-26)10-11-21(20)28-23(31)16-30-25(32)29-22-12-13-27-17(3)24(22)35(30,33)34/h8,17-19,21-22,24,27H,4-7,10-14,16H2,1-3H3,(H,28,31)(H,29,32)/t9?,17?,18?,19?,21-,22?,24?/m1/s1. The van der Waals surface area contributed by atoms with E-state index in [1.165, 1.54) is 0 Å². The first kappa shape index (κ1) is 27.3. The van der Waals surface area contributed by atoms with E-state index >= 15 is 0 Å². The van der Waals surface area contributed by atoms with Crippen LogP contribution in [0, 0.1) is 23.2 Å². The zero-order valence-corrected chi connectivity index (χ0v) is 21.9. The number of unbranched alkanes of at least 4 members (excludes halogenated alkanes) is 2. The summed E-state index contributed by atoms with van der Waals surface area (Å²) in [5.41, 5.74) is 4.37. The van der Waals surface area contributed by atoms with E-state index in [1.807, 2.05) is 13.0 Å². The van der Waals surface area contributed by atoms with E-state index in [-0.39, 0.29) is 23.9 Å². The van der Waals surface area contributed by atoms with Crippen molar-refractivity contribution in [1.29, 1.82) is 5.26 Å². The molecule has 0 aromatic heterocycles. The first-order valence-corrected chi connectivity index (χ1v) is 14.4. The van der Waals surface area contributed by atoms with Crippen LogP contribution in [0.15, 0.2) is 17.4 Å². The molecule has 0 bridgehead atoms. The van der Waals surface area contributed by atoms with E-state index in [9.17, 15) is 23.3 Å². The number of piperidine rings is 1. The number of carbonyl (C=O) groups is 2. The molecule has 10 heteroatoms. The lowest BCUT2D eigenvalue weighted by Crippen LogP contribution is -2.70. The van der Waals surface area contributed by atoms with Crippen LogP contribution in [0.5, 0.6) is 0 Å². The molecular weight excluding hydrogens is 466 g/mol. The third kappa shape index (κ3) is 6.27. The van der Waals surface area contributed by atoms with Crippen LogP contribution in [0.3, 0.4) is 0 Å². The average Bonchev–Trinajstić information content (AvgIpc) is 3.18. The normalized spacial score (nSPS) is 30.5. The van der Waals surface area contributed by atoms with Gasteiger partial charge in [0.2, 0.25) is 15.9 Å². The van der Waals surface area contributed by atoms with Gasteiger partial charge in [0.05, 0.1) is 18.2 Å². The number of amides is 3. The van der Waals surface area contributed by atoms with Gasteiger partial charge in [0.15, 0.2) is 0 Å². The quantitative estimate of drug-likeness (QED) is 0.326. The highest BCUT2D eigenvalue weighted by molar-refractivity contribution is 7.90. The van der Waals surface area contributed by atoms with Crippen molar-refractivity contribution in [2.45, 2.75) is 95.5 Å². The van der Waals surface area contributed by atoms with E-state index in [4.69, 9.17) is 0 Å². The molecule has 194 valence electrons. The molecule has 2 aliphatic heterocycles. The maximum Gasteiger partial charge on any atom is 0.331 e. The highest BCUT2D eigenvalue weighted by atomic mass is 32.2. The van der Waals surface area contributed by atoms with Gasteiger partial charge in [-0.3, -0.25) is 4.79 Å². The lowest BCUT2D eigenvalue weighted by molar-refractivity contribution is -0.121. The second-order valence-corrected chi connectivity index (χ2v) is 11.9. The minimum atomic E-state index is -3.99. The Hall–Kier alpha value is -2.34. The molecule has 35 heavy (non-hydrogen) atoms. The first-order valence-electron chi connectivity index (χ1n) is 12.9. The summed E-state index contributed by atoms with van der Waals surface area (Å²) in [6.45, 7) is 5.99. The van der Waals surface area contributed by atoms with E-state index in [0.29, 0.717) is 23.7 Å².